The van der Waals surface area contributed by atoms with E-state index in [4.69, 9.17) is 0 Å². The molecule has 3 heteroatoms. The van der Waals surface area contributed by atoms with Gasteiger partial charge in [0.1, 0.15) is 5.82 Å². The average Bonchev–Trinajstić information content (AvgIpc) is 2.50. The minimum absolute atomic E-state index is 0.0928. The highest BCUT2D eigenvalue weighted by molar-refractivity contribution is 5.67. The Labute approximate surface area is 126 Å². The maximum Gasteiger partial charge on any atom is 0.147 e. The summed E-state index contributed by atoms with van der Waals surface area (Å²) in [6.07, 6.45) is 0. The fraction of sp³-hybridized carbons (Fsp3) is 0.333. The SMILES string of the molecule is CCN(c1ccc(C)cc1)c1c(F)cccc1C(C)NC. The number of benzene rings is 2. The molecule has 0 bridgehead atoms. The van der Waals surface area contributed by atoms with Gasteiger partial charge in [-0.2, -0.15) is 0 Å². The van der Waals surface area contributed by atoms with E-state index < -0.39 is 0 Å². The molecule has 2 nitrogen and oxygen atoms in total. The minimum atomic E-state index is -0.183. The van der Waals surface area contributed by atoms with E-state index in [-0.39, 0.29) is 11.9 Å². The normalized spacial score (nSPS) is 12.2. The van der Waals surface area contributed by atoms with Gasteiger partial charge in [0.2, 0.25) is 0 Å². The van der Waals surface area contributed by atoms with Gasteiger partial charge in [-0.1, -0.05) is 29.8 Å². The highest BCUT2D eigenvalue weighted by Gasteiger charge is 2.19. The summed E-state index contributed by atoms with van der Waals surface area (Å²) in [4.78, 5) is 2.03. The van der Waals surface area contributed by atoms with E-state index in [0.717, 1.165) is 11.3 Å². The molecule has 2 aromatic carbocycles. The molecule has 0 saturated heterocycles. The second-order valence-corrected chi connectivity index (χ2v) is 5.27. The smallest absolute Gasteiger partial charge is 0.147 e. The molecule has 0 amide bonds. The Hall–Kier alpha value is -1.87. The Bertz CT molecular complexity index is 593. The Morgan fingerprint density at radius 2 is 1.81 bits per heavy atom. The van der Waals surface area contributed by atoms with Crippen LogP contribution in [0.3, 0.4) is 0 Å². The minimum Gasteiger partial charge on any atom is -0.339 e. The topological polar surface area (TPSA) is 15.3 Å². The first-order valence-electron chi connectivity index (χ1n) is 7.38. The molecule has 2 aromatic rings. The Kier molecular flexibility index (Phi) is 4.97. The van der Waals surface area contributed by atoms with Crippen LogP contribution in [0.2, 0.25) is 0 Å². The molecule has 0 aromatic heterocycles. The Morgan fingerprint density at radius 3 is 2.38 bits per heavy atom. The van der Waals surface area contributed by atoms with Gasteiger partial charge in [-0.25, -0.2) is 4.39 Å². The molecule has 0 aliphatic carbocycles. The van der Waals surface area contributed by atoms with Crippen molar-refractivity contribution in [1.82, 2.24) is 5.32 Å². The molecule has 0 radical (unpaired) electrons. The number of aryl methyl sites for hydroxylation is 1. The number of rotatable bonds is 5. The van der Waals surface area contributed by atoms with Gasteiger partial charge in [-0.3, -0.25) is 0 Å². The van der Waals surface area contributed by atoms with E-state index in [0.29, 0.717) is 12.2 Å². The van der Waals surface area contributed by atoms with Gasteiger partial charge >= 0.3 is 0 Å². The molecule has 0 fully saturated rings. The van der Waals surface area contributed by atoms with Gasteiger partial charge in [-0.05, 0) is 51.6 Å². The van der Waals surface area contributed by atoms with E-state index >= 15 is 0 Å². The second kappa shape index (κ2) is 6.72. The standard InChI is InChI=1S/C18H23FN2/c1-5-21(15-11-9-13(2)10-12-15)18-16(14(3)20-4)7-6-8-17(18)19/h6-12,14,20H,5H2,1-4H3. The number of para-hydroxylation sites is 1. The van der Waals surface area contributed by atoms with Crippen molar-refractivity contribution in [3.63, 3.8) is 0 Å². The van der Waals surface area contributed by atoms with E-state index in [2.05, 4.69) is 24.4 Å². The van der Waals surface area contributed by atoms with Crippen LogP contribution in [0.5, 0.6) is 0 Å². The fourth-order valence-corrected chi connectivity index (χ4v) is 2.52. The van der Waals surface area contributed by atoms with Crippen LogP contribution in [0.4, 0.5) is 15.8 Å². The van der Waals surface area contributed by atoms with Gasteiger partial charge in [-0.15, -0.1) is 0 Å². The Morgan fingerprint density at radius 1 is 1.14 bits per heavy atom. The van der Waals surface area contributed by atoms with Crippen LogP contribution in [0, 0.1) is 12.7 Å². The summed E-state index contributed by atoms with van der Waals surface area (Å²) in [5, 5.41) is 3.20. The van der Waals surface area contributed by atoms with E-state index in [1.165, 1.54) is 11.6 Å². The van der Waals surface area contributed by atoms with Crippen molar-refractivity contribution >= 4 is 11.4 Å². The van der Waals surface area contributed by atoms with Crippen LogP contribution in [0.25, 0.3) is 0 Å². The predicted molar refractivity (Wildman–Crippen MR) is 87.7 cm³/mol. The van der Waals surface area contributed by atoms with E-state index in [9.17, 15) is 4.39 Å². The third kappa shape index (κ3) is 3.24. The molecule has 112 valence electrons. The average molecular weight is 286 g/mol. The quantitative estimate of drug-likeness (QED) is 0.866. The third-order valence-electron chi connectivity index (χ3n) is 3.85. The molecule has 0 aliphatic rings. The molecule has 1 unspecified atom stereocenters. The molecule has 0 aliphatic heterocycles. The third-order valence-corrected chi connectivity index (χ3v) is 3.85. The number of anilines is 2. The van der Waals surface area contributed by atoms with Crippen molar-refractivity contribution in [2.75, 3.05) is 18.5 Å². The highest BCUT2D eigenvalue weighted by atomic mass is 19.1. The summed E-state index contributed by atoms with van der Waals surface area (Å²) < 4.78 is 14.5. The molecule has 21 heavy (non-hydrogen) atoms. The second-order valence-electron chi connectivity index (χ2n) is 5.27. The first-order chi connectivity index (χ1) is 10.1. The molecule has 0 saturated carbocycles. The molecule has 0 heterocycles. The predicted octanol–water partition coefficient (Wildman–Crippen LogP) is 4.57. The fourth-order valence-electron chi connectivity index (χ4n) is 2.52. The van der Waals surface area contributed by atoms with Gasteiger partial charge in [0.25, 0.3) is 0 Å². The summed E-state index contributed by atoms with van der Waals surface area (Å²) in [5.41, 5.74) is 3.84. The molecular weight excluding hydrogens is 263 g/mol. The lowest BCUT2D eigenvalue weighted by Crippen LogP contribution is -2.22. The number of nitrogens with zero attached hydrogens (tertiary/aromatic N) is 1. The maximum absolute atomic E-state index is 14.5. The highest BCUT2D eigenvalue weighted by Crippen LogP contribution is 2.34. The maximum atomic E-state index is 14.5. The van der Waals surface area contributed by atoms with Gasteiger partial charge < -0.3 is 10.2 Å². The van der Waals surface area contributed by atoms with E-state index in [1.807, 2.05) is 44.0 Å². The molecular formula is C18H23FN2. The lowest BCUT2D eigenvalue weighted by Gasteiger charge is -2.28. The van der Waals surface area contributed by atoms with Crippen molar-refractivity contribution < 1.29 is 4.39 Å². The summed E-state index contributed by atoms with van der Waals surface area (Å²) >= 11 is 0. The summed E-state index contributed by atoms with van der Waals surface area (Å²) in [6.45, 7) is 6.85. The molecule has 1 atom stereocenters. The zero-order valence-electron chi connectivity index (χ0n) is 13.2. The van der Waals surface area contributed by atoms with Crippen LogP contribution in [0.15, 0.2) is 42.5 Å². The summed E-state index contributed by atoms with van der Waals surface area (Å²) in [6, 6.07) is 13.6. The van der Waals surface area contributed by atoms with Crippen LogP contribution < -0.4 is 10.2 Å². The van der Waals surface area contributed by atoms with Crippen molar-refractivity contribution in [3.05, 3.63) is 59.4 Å². The van der Waals surface area contributed by atoms with Gasteiger partial charge in [0.15, 0.2) is 0 Å². The number of hydrogen-bond acceptors (Lipinski definition) is 2. The summed E-state index contributed by atoms with van der Waals surface area (Å²) in [5.74, 6) is -0.183. The van der Waals surface area contributed by atoms with Crippen LogP contribution in [-0.4, -0.2) is 13.6 Å². The number of halogens is 1. The first-order valence-corrected chi connectivity index (χ1v) is 7.38. The molecule has 2 rings (SSSR count). The van der Waals surface area contributed by atoms with E-state index in [1.54, 1.807) is 6.07 Å². The van der Waals surface area contributed by atoms with Crippen LogP contribution in [-0.2, 0) is 0 Å². The molecule has 0 spiro atoms. The lowest BCUT2D eigenvalue weighted by molar-refractivity contribution is 0.606. The zero-order valence-corrected chi connectivity index (χ0v) is 13.2. The van der Waals surface area contributed by atoms with Gasteiger partial charge in [0.05, 0.1) is 5.69 Å². The van der Waals surface area contributed by atoms with Crippen molar-refractivity contribution in [2.45, 2.75) is 26.8 Å². The first kappa shape index (κ1) is 15.5. The summed E-state index contributed by atoms with van der Waals surface area (Å²) in [7, 11) is 1.89. The van der Waals surface area contributed by atoms with Crippen LogP contribution >= 0.6 is 0 Å². The molecule has 1 N–H and O–H groups in total. The van der Waals surface area contributed by atoms with Crippen LogP contribution in [0.1, 0.15) is 31.0 Å². The number of nitrogens with one attached hydrogen (secondary N) is 1. The van der Waals surface area contributed by atoms with Crippen molar-refractivity contribution in [3.8, 4) is 0 Å². The van der Waals surface area contributed by atoms with Crippen molar-refractivity contribution in [2.24, 2.45) is 0 Å². The lowest BCUT2D eigenvalue weighted by atomic mass is 10.0. The van der Waals surface area contributed by atoms with Crippen molar-refractivity contribution in [1.29, 1.82) is 0 Å². The van der Waals surface area contributed by atoms with Gasteiger partial charge in [0, 0.05) is 18.3 Å². The number of hydrogen-bond donors (Lipinski definition) is 1. The zero-order chi connectivity index (χ0) is 15.4. The largest absolute Gasteiger partial charge is 0.339 e. The Balaban J connectivity index is 2.54. The monoisotopic (exact) mass is 286 g/mol.